The maximum atomic E-state index is 5.32. The van der Waals surface area contributed by atoms with Crippen LogP contribution >= 0.6 is 15.9 Å². The van der Waals surface area contributed by atoms with Crippen LogP contribution in [-0.4, -0.2) is 13.2 Å². The van der Waals surface area contributed by atoms with E-state index in [0.717, 1.165) is 21.8 Å². The van der Waals surface area contributed by atoms with Gasteiger partial charge in [0.05, 0.1) is 12.8 Å². The van der Waals surface area contributed by atoms with Crippen LogP contribution in [-0.2, 0) is 0 Å². The van der Waals surface area contributed by atoms with Crippen LogP contribution < -0.4 is 10.1 Å². The van der Waals surface area contributed by atoms with Gasteiger partial charge in [-0.1, -0.05) is 27.2 Å². The molecule has 2 nitrogen and oxygen atoms in total. The number of rotatable bonds is 3. The quantitative estimate of drug-likeness (QED) is 0.686. The lowest BCUT2D eigenvalue weighted by Crippen LogP contribution is -2.21. The first-order valence-corrected chi connectivity index (χ1v) is 8.79. The Morgan fingerprint density at radius 2 is 1.90 bits per heavy atom. The molecule has 2 rings (SSSR count). The Morgan fingerprint density at radius 3 is 2.57 bits per heavy atom. The van der Waals surface area contributed by atoms with E-state index in [9.17, 15) is 0 Å². The van der Waals surface area contributed by atoms with Crippen LogP contribution in [0.4, 0.5) is 5.69 Å². The van der Waals surface area contributed by atoms with Crippen molar-refractivity contribution in [2.75, 3.05) is 12.4 Å². The molecule has 0 amide bonds. The number of benzene rings is 1. The average Bonchev–Trinajstić information content (AvgIpc) is 2.66. The van der Waals surface area contributed by atoms with Gasteiger partial charge < -0.3 is 10.1 Å². The van der Waals surface area contributed by atoms with Gasteiger partial charge in [0.15, 0.2) is 0 Å². The zero-order chi connectivity index (χ0) is 15.5. The predicted molar refractivity (Wildman–Crippen MR) is 94.1 cm³/mol. The number of hydrogen-bond acceptors (Lipinski definition) is 2. The number of anilines is 1. The second kappa shape index (κ2) is 7.04. The third-order valence-corrected chi connectivity index (χ3v) is 5.42. The monoisotopic (exact) mass is 353 g/mol. The Hall–Kier alpha value is -0.700. The molecule has 2 unspecified atom stereocenters. The third-order valence-electron chi connectivity index (χ3n) is 4.73. The number of methoxy groups -OCH3 is 1. The van der Waals surface area contributed by atoms with Gasteiger partial charge in [0.25, 0.3) is 0 Å². The van der Waals surface area contributed by atoms with Crippen LogP contribution in [0.1, 0.15) is 52.9 Å². The molecule has 0 aromatic heterocycles. The van der Waals surface area contributed by atoms with E-state index in [4.69, 9.17) is 4.74 Å². The third kappa shape index (κ3) is 4.64. The number of ether oxygens (including phenoxy) is 1. The minimum absolute atomic E-state index is 0.436. The Kier molecular flexibility index (Phi) is 5.59. The summed E-state index contributed by atoms with van der Waals surface area (Å²) in [6, 6.07) is 6.69. The standard InChI is InChI=1S/C18H28BrNO/c1-18(2,3)13-6-5-7-14(9-8-13)20-17-12-15(21-4)10-11-16(17)19/h10-14,20H,5-9H2,1-4H3. The lowest BCUT2D eigenvalue weighted by atomic mass is 9.76. The highest BCUT2D eigenvalue weighted by atomic mass is 79.9. The first-order chi connectivity index (χ1) is 9.90. The largest absolute Gasteiger partial charge is 0.497 e. The maximum absolute atomic E-state index is 5.32. The highest BCUT2D eigenvalue weighted by molar-refractivity contribution is 9.10. The van der Waals surface area contributed by atoms with Crippen molar-refractivity contribution in [1.29, 1.82) is 0 Å². The maximum Gasteiger partial charge on any atom is 0.121 e. The highest BCUT2D eigenvalue weighted by Gasteiger charge is 2.27. The van der Waals surface area contributed by atoms with Crippen LogP contribution in [0.2, 0.25) is 0 Å². The van der Waals surface area contributed by atoms with E-state index < -0.39 is 0 Å². The first kappa shape index (κ1) is 16.7. The van der Waals surface area contributed by atoms with Crippen LogP contribution in [0.5, 0.6) is 5.75 Å². The molecule has 2 atom stereocenters. The molecule has 1 aliphatic carbocycles. The van der Waals surface area contributed by atoms with Gasteiger partial charge in [0.1, 0.15) is 5.75 Å². The summed E-state index contributed by atoms with van der Waals surface area (Å²) < 4.78 is 6.44. The molecule has 1 fully saturated rings. The van der Waals surface area contributed by atoms with Gasteiger partial charge in [-0.05, 0) is 65.1 Å². The Labute approximate surface area is 137 Å². The van der Waals surface area contributed by atoms with Gasteiger partial charge >= 0.3 is 0 Å². The second-order valence-electron chi connectivity index (χ2n) is 7.26. The zero-order valence-corrected chi connectivity index (χ0v) is 15.3. The molecular formula is C18H28BrNO. The number of hydrogen-bond donors (Lipinski definition) is 1. The van der Waals surface area contributed by atoms with Gasteiger partial charge in [-0.2, -0.15) is 0 Å². The summed E-state index contributed by atoms with van der Waals surface area (Å²) in [5.41, 5.74) is 1.58. The molecular weight excluding hydrogens is 326 g/mol. The highest BCUT2D eigenvalue weighted by Crippen LogP contribution is 2.38. The van der Waals surface area contributed by atoms with Crippen molar-refractivity contribution in [3.63, 3.8) is 0 Å². The fourth-order valence-corrected chi connectivity index (χ4v) is 3.64. The van der Waals surface area contributed by atoms with E-state index in [2.05, 4.69) is 54.2 Å². The fourth-order valence-electron chi connectivity index (χ4n) is 3.27. The van der Waals surface area contributed by atoms with Crippen LogP contribution in [0, 0.1) is 11.3 Å². The van der Waals surface area contributed by atoms with Crippen molar-refractivity contribution < 1.29 is 4.74 Å². The molecule has 21 heavy (non-hydrogen) atoms. The molecule has 1 N–H and O–H groups in total. The van der Waals surface area contributed by atoms with E-state index in [1.54, 1.807) is 7.11 Å². The Balaban J connectivity index is 2.01. The smallest absolute Gasteiger partial charge is 0.121 e. The number of halogens is 1. The van der Waals surface area contributed by atoms with Gasteiger partial charge in [0.2, 0.25) is 0 Å². The van der Waals surface area contributed by atoms with Crippen molar-refractivity contribution in [1.82, 2.24) is 0 Å². The first-order valence-electron chi connectivity index (χ1n) is 8.00. The molecule has 0 saturated heterocycles. The lowest BCUT2D eigenvalue weighted by molar-refractivity contribution is 0.214. The molecule has 1 saturated carbocycles. The summed E-state index contributed by atoms with van der Waals surface area (Å²) in [7, 11) is 1.71. The fraction of sp³-hybridized carbons (Fsp3) is 0.667. The molecule has 0 aliphatic heterocycles. The molecule has 0 radical (unpaired) electrons. The van der Waals surface area contributed by atoms with E-state index >= 15 is 0 Å². The molecule has 118 valence electrons. The van der Waals surface area contributed by atoms with E-state index in [1.165, 1.54) is 32.1 Å². The molecule has 0 heterocycles. The van der Waals surface area contributed by atoms with E-state index in [-0.39, 0.29) is 0 Å². The minimum Gasteiger partial charge on any atom is -0.497 e. The predicted octanol–water partition coefficient (Wildman–Crippen LogP) is 5.86. The summed E-state index contributed by atoms with van der Waals surface area (Å²) in [6.45, 7) is 7.14. The molecule has 0 spiro atoms. The van der Waals surface area contributed by atoms with Crippen molar-refractivity contribution in [2.24, 2.45) is 11.3 Å². The lowest BCUT2D eigenvalue weighted by Gasteiger charge is -2.29. The van der Waals surface area contributed by atoms with Crippen molar-refractivity contribution in [2.45, 2.75) is 58.9 Å². The summed E-state index contributed by atoms with van der Waals surface area (Å²) in [4.78, 5) is 0. The Morgan fingerprint density at radius 1 is 1.14 bits per heavy atom. The molecule has 3 heteroatoms. The Bertz CT molecular complexity index is 467. The second-order valence-corrected chi connectivity index (χ2v) is 8.11. The molecule has 0 bridgehead atoms. The summed E-state index contributed by atoms with van der Waals surface area (Å²) in [5.74, 6) is 1.75. The topological polar surface area (TPSA) is 21.3 Å². The summed E-state index contributed by atoms with van der Waals surface area (Å²) >= 11 is 3.63. The van der Waals surface area contributed by atoms with E-state index in [1.807, 2.05) is 6.07 Å². The van der Waals surface area contributed by atoms with E-state index in [0.29, 0.717) is 11.5 Å². The molecule has 1 aromatic carbocycles. The normalized spacial score (nSPS) is 23.5. The van der Waals surface area contributed by atoms with Gasteiger partial charge in [-0.15, -0.1) is 0 Å². The minimum atomic E-state index is 0.436. The van der Waals surface area contributed by atoms with Crippen LogP contribution in [0.25, 0.3) is 0 Å². The SMILES string of the molecule is COc1ccc(Br)c(NC2CCCC(C(C)(C)C)CC2)c1. The molecule has 1 aromatic rings. The van der Waals surface area contributed by atoms with Crippen LogP contribution in [0.15, 0.2) is 22.7 Å². The zero-order valence-electron chi connectivity index (χ0n) is 13.7. The number of nitrogens with one attached hydrogen (secondary N) is 1. The van der Waals surface area contributed by atoms with Gasteiger partial charge in [-0.3, -0.25) is 0 Å². The molecule has 1 aliphatic rings. The van der Waals surface area contributed by atoms with Crippen molar-refractivity contribution in [3.05, 3.63) is 22.7 Å². The summed E-state index contributed by atoms with van der Waals surface area (Å²) in [5, 5.41) is 3.71. The van der Waals surface area contributed by atoms with Crippen molar-refractivity contribution >= 4 is 21.6 Å². The average molecular weight is 354 g/mol. The van der Waals surface area contributed by atoms with Gasteiger partial charge in [-0.25, -0.2) is 0 Å². The van der Waals surface area contributed by atoms with Crippen molar-refractivity contribution in [3.8, 4) is 5.75 Å². The summed E-state index contributed by atoms with van der Waals surface area (Å²) in [6.07, 6.45) is 6.52. The van der Waals surface area contributed by atoms with Gasteiger partial charge in [0, 0.05) is 16.6 Å². The van der Waals surface area contributed by atoms with Crippen LogP contribution in [0.3, 0.4) is 0 Å².